The average molecular weight is 1240 g/mol. The second-order valence-corrected chi connectivity index (χ2v) is 33.7. The van der Waals surface area contributed by atoms with E-state index in [9.17, 15) is 10.2 Å². The smallest absolute Gasteiger partial charge is 0.192 e. The van der Waals surface area contributed by atoms with Crippen molar-refractivity contribution in [2.75, 3.05) is 102 Å². The molecule has 3 N–H and O–H groups in total. The quantitative estimate of drug-likeness (QED) is 0.0222. The maximum atomic E-state index is 10.0. The van der Waals surface area contributed by atoms with Crippen molar-refractivity contribution in [3.8, 4) is 23.0 Å². The zero-order chi connectivity index (χ0) is 59.8. The molecule has 0 radical (unpaired) electrons. The molecule has 10 nitrogen and oxygen atoms in total. The summed E-state index contributed by atoms with van der Waals surface area (Å²) in [7, 11) is 1.65. The van der Waals surface area contributed by atoms with E-state index in [4.69, 9.17) is 38.0 Å². The Morgan fingerprint density at radius 2 is 0.952 bits per heavy atom. The number of hydrogen-bond acceptors (Lipinski definition) is 14. The summed E-state index contributed by atoms with van der Waals surface area (Å²) in [6.45, 7) is 20.3. The molecule has 0 amide bonds. The van der Waals surface area contributed by atoms with Crippen LogP contribution >= 0.6 is 47.0 Å². The molecule has 466 valence electrons. The third-order valence-electron chi connectivity index (χ3n) is 17.1. The van der Waals surface area contributed by atoms with Crippen molar-refractivity contribution in [3.05, 3.63) is 107 Å². The number of phenolic OH excluding ortho intramolecular Hbond substituents is 2. The van der Waals surface area contributed by atoms with E-state index in [0.29, 0.717) is 36.5 Å². The van der Waals surface area contributed by atoms with Crippen molar-refractivity contribution >= 4 is 55.4 Å². The molecule has 0 saturated carbocycles. The van der Waals surface area contributed by atoms with Crippen LogP contribution in [-0.2, 0) is 34.2 Å². The summed E-state index contributed by atoms with van der Waals surface area (Å²) in [6.07, 6.45) is 20.5. The van der Waals surface area contributed by atoms with Gasteiger partial charge in [0.1, 0.15) is 23.0 Å². The summed E-state index contributed by atoms with van der Waals surface area (Å²) < 4.78 is 39.0. The van der Waals surface area contributed by atoms with Gasteiger partial charge in [0.05, 0.1) is 39.6 Å². The molecule has 2 aliphatic heterocycles. The lowest BCUT2D eigenvalue weighted by molar-refractivity contribution is 0.0508. The summed E-state index contributed by atoms with van der Waals surface area (Å²) >= 11 is 7.75. The van der Waals surface area contributed by atoms with Gasteiger partial charge in [0, 0.05) is 57.9 Å². The number of rotatable bonds is 40. The van der Waals surface area contributed by atoms with Crippen LogP contribution in [0.2, 0.25) is 18.1 Å². The monoisotopic (exact) mass is 1240 g/mol. The van der Waals surface area contributed by atoms with Crippen molar-refractivity contribution in [2.24, 2.45) is 0 Å². The molecule has 4 aromatic rings. The van der Waals surface area contributed by atoms with Gasteiger partial charge in [-0.25, -0.2) is 0 Å². The van der Waals surface area contributed by atoms with E-state index in [1.165, 1.54) is 140 Å². The lowest BCUT2D eigenvalue weighted by atomic mass is 9.68. The van der Waals surface area contributed by atoms with Gasteiger partial charge in [-0.15, -0.1) is 23.5 Å². The summed E-state index contributed by atoms with van der Waals surface area (Å²) in [6, 6.07) is 28.9. The molecule has 0 spiro atoms. The predicted octanol–water partition coefficient (Wildman–Crippen LogP) is 17.8. The second-order valence-electron chi connectivity index (χ2n) is 24.4. The number of thioether (sulfide) groups is 4. The molecule has 0 saturated heterocycles. The molecular formula is C68H106O10S4Si. The van der Waals surface area contributed by atoms with E-state index in [1.807, 2.05) is 59.2 Å². The molecule has 4 aromatic carbocycles. The van der Waals surface area contributed by atoms with E-state index >= 15 is 0 Å². The third kappa shape index (κ3) is 24.2. The maximum Gasteiger partial charge on any atom is 0.192 e. The Labute approximate surface area is 520 Å². The minimum Gasteiger partial charge on any atom is -0.508 e. The lowest BCUT2D eigenvalue weighted by Gasteiger charge is -2.43. The van der Waals surface area contributed by atoms with Crippen LogP contribution in [0, 0.1) is 0 Å². The van der Waals surface area contributed by atoms with Crippen LogP contribution in [0.4, 0.5) is 0 Å². The van der Waals surface area contributed by atoms with Crippen molar-refractivity contribution in [1.82, 2.24) is 0 Å². The van der Waals surface area contributed by atoms with E-state index in [2.05, 4.69) is 108 Å². The Bertz CT molecular complexity index is 2370. The normalized spacial score (nSPS) is 18.7. The number of ether oxygens (including phenoxy) is 6. The van der Waals surface area contributed by atoms with Crippen LogP contribution < -0.4 is 9.47 Å². The van der Waals surface area contributed by atoms with Crippen molar-refractivity contribution in [2.45, 2.75) is 188 Å². The number of aliphatic hydroxyl groups excluding tert-OH is 1. The number of phenols is 2. The highest BCUT2D eigenvalue weighted by Crippen LogP contribution is 2.54. The number of fused-ring (bicyclic) bond motifs is 2. The number of benzene rings is 4. The Morgan fingerprint density at radius 3 is 1.46 bits per heavy atom. The SMILES string of the molecule is COCOc1ccc(C2(C)CSc3cc(OCOC)ccc3C2CCCCCCCCCSCCOCCO[Si](C)(C)C(C)(C)C)cc1.C[C@]1(c2ccc(O)cc2)CSc2cc(O)ccc2[C@H]1CCCCCCCCCSCCOCCO. The fraction of sp³-hybridized carbons (Fsp3) is 0.647. The number of hydrogen-bond donors (Lipinski definition) is 3. The van der Waals surface area contributed by atoms with Gasteiger partial charge in [-0.2, -0.15) is 23.5 Å². The molecule has 15 heteroatoms. The molecule has 4 atom stereocenters. The molecular weight excluding hydrogens is 1130 g/mol. The fourth-order valence-electron chi connectivity index (χ4n) is 11.0. The van der Waals surface area contributed by atoms with Crippen LogP contribution in [-0.4, -0.2) is 126 Å². The fourth-order valence-corrected chi connectivity index (χ4v) is 16.5. The molecule has 2 unspecified atom stereocenters. The van der Waals surface area contributed by atoms with Gasteiger partial charge < -0.3 is 48.2 Å². The van der Waals surface area contributed by atoms with E-state index < -0.39 is 8.32 Å². The number of unbranched alkanes of at least 4 members (excludes halogenated alkanes) is 12. The minimum atomic E-state index is -1.66. The standard InChI is InChI=1S/C39H64O6S2Si.C29H42O4S2/c1-38(2,3)48(7,8)45-24-23-42-25-27-46-26-15-13-11-9-10-12-14-16-36-35-22-21-34(44-31-41-6)28-37(35)47-29-39(36,4)32-17-19-33(20-18-32)43-30-40-5;1-29(23-10-12-24(31)13-11-23)22-35-28-21-25(32)14-15-26(28)27(29)9-7-5-3-2-4-6-8-19-34-20-18-33-17-16-30/h17-22,28,36H,9-16,23-27,29-31H2,1-8H3;10-15,21,27,30-32H,2-9,16-20,22H2,1H3/t;27-,29-/m.1/s1. The van der Waals surface area contributed by atoms with Gasteiger partial charge in [0.15, 0.2) is 21.9 Å². The van der Waals surface area contributed by atoms with Crippen LogP contribution in [0.15, 0.2) is 94.7 Å². The van der Waals surface area contributed by atoms with Gasteiger partial charge in [-0.1, -0.05) is 148 Å². The summed E-state index contributed by atoms with van der Waals surface area (Å²) in [5.41, 5.74) is 5.49. The first-order valence-corrected chi connectivity index (χ1v) is 38.2. The number of methoxy groups -OCH3 is 2. The third-order valence-corrected chi connectivity index (χ3v) is 26.5. The van der Waals surface area contributed by atoms with Crippen molar-refractivity contribution in [1.29, 1.82) is 0 Å². The Morgan fingerprint density at radius 1 is 0.518 bits per heavy atom. The largest absolute Gasteiger partial charge is 0.508 e. The van der Waals surface area contributed by atoms with Gasteiger partial charge in [-0.05, 0) is 138 Å². The molecule has 0 bridgehead atoms. The lowest BCUT2D eigenvalue weighted by Crippen LogP contribution is -2.41. The van der Waals surface area contributed by atoms with Crippen LogP contribution in [0.3, 0.4) is 0 Å². The summed E-state index contributed by atoms with van der Waals surface area (Å²) in [5.74, 6) is 9.77. The average Bonchev–Trinajstić information content (AvgIpc) is 1.91. The molecule has 6 rings (SSSR count). The minimum absolute atomic E-state index is 0.00312. The summed E-state index contributed by atoms with van der Waals surface area (Å²) in [4.78, 5) is 2.55. The topological polar surface area (TPSA) is 125 Å². The van der Waals surface area contributed by atoms with Crippen LogP contribution in [0.1, 0.15) is 171 Å². The first-order chi connectivity index (χ1) is 40.1. The molecule has 0 aliphatic carbocycles. The van der Waals surface area contributed by atoms with Crippen molar-refractivity contribution in [3.63, 3.8) is 0 Å². The second kappa shape index (κ2) is 38.7. The van der Waals surface area contributed by atoms with Crippen LogP contribution in [0.5, 0.6) is 23.0 Å². The summed E-state index contributed by atoms with van der Waals surface area (Å²) in [5, 5.41) is 28.7. The maximum absolute atomic E-state index is 10.0. The Hall–Kier alpha value is -2.54. The number of aromatic hydroxyl groups is 2. The molecule has 0 aromatic heterocycles. The Kier molecular flexibility index (Phi) is 33.2. The van der Waals surface area contributed by atoms with E-state index in [0.717, 1.165) is 60.8 Å². The highest BCUT2D eigenvalue weighted by Gasteiger charge is 2.43. The first-order valence-electron chi connectivity index (χ1n) is 31.0. The van der Waals surface area contributed by atoms with Gasteiger partial charge >= 0.3 is 0 Å². The van der Waals surface area contributed by atoms with E-state index in [1.54, 1.807) is 26.4 Å². The zero-order valence-corrected chi connectivity index (χ0v) is 56.5. The van der Waals surface area contributed by atoms with Gasteiger partial charge in [0.25, 0.3) is 0 Å². The number of aliphatic hydroxyl groups is 1. The predicted molar refractivity (Wildman–Crippen MR) is 356 cm³/mol. The molecule has 2 aliphatic rings. The van der Waals surface area contributed by atoms with Gasteiger partial charge in [0.2, 0.25) is 0 Å². The highest BCUT2D eigenvalue weighted by atomic mass is 32.2. The van der Waals surface area contributed by atoms with E-state index in [-0.39, 0.29) is 36.1 Å². The first kappa shape index (κ1) is 71.2. The molecule has 0 fully saturated rings. The van der Waals surface area contributed by atoms with Crippen molar-refractivity contribution < 1.29 is 48.2 Å². The highest BCUT2D eigenvalue weighted by molar-refractivity contribution is 8.00. The zero-order valence-electron chi connectivity index (χ0n) is 52.3. The molecule has 83 heavy (non-hydrogen) atoms. The Balaban J connectivity index is 0.000000319. The molecule has 2 heterocycles. The van der Waals surface area contributed by atoms with Crippen LogP contribution in [0.25, 0.3) is 0 Å². The van der Waals surface area contributed by atoms with Gasteiger partial charge in [-0.3, -0.25) is 0 Å².